The van der Waals surface area contributed by atoms with E-state index in [1.54, 1.807) is 4.31 Å². The zero-order valence-electron chi connectivity index (χ0n) is 16.9. The Morgan fingerprint density at radius 2 is 1.86 bits per heavy atom. The van der Waals surface area contributed by atoms with Gasteiger partial charge in [-0.2, -0.15) is 0 Å². The first-order valence-corrected chi connectivity index (χ1v) is 12.3. The molecule has 1 aliphatic heterocycles. The van der Waals surface area contributed by atoms with Crippen molar-refractivity contribution in [3.8, 4) is 0 Å². The van der Waals surface area contributed by atoms with Crippen molar-refractivity contribution in [1.29, 1.82) is 0 Å². The predicted molar refractivity (Wildman–Crippen MR) is 111 cm³/mol. The first kappa shape index (κ1) is 18.8. The van der Waals surface area contributed by atoms with Crippen molar-refractivity contribution in [3.63, 3.8) is 0 Å². The van der Waals surface area contributed by atoms with Gasteiger partial charge in [-0.1, -0.05) is 50.3 Å². The molecular formula is C23H31NO3S. The average molecular weight is 402 g/mol. The van der Waals surface area contributed by atoms with E-state index in [-0.39, 0.29) is 16.6 Å². The summed E-state index contributed by atoms with van der Waals surface area (Å²) in [5.41, 5.74) is 2.02. The van der Waals surface area contributed by atoms with Crippen molar-refractivity contribution in [2.45, 2.75) is 57.5 Å². The molecule has 3 aliphatic carbocycles. The molecule has 2 saturated carbocycles. The number of nitrogens with zero attached hydrogens (tertiary/aromatic N) is 1. The van der Waals surface area contributed by atoms with Crippen LogP contribution in [0.1, 0.15) is 57.1 Å². The Morgan fingerprint density at radius 1 is 1.14 bits per heavy atom. The van der Waals surface area contributed by atoms with Gasteiger partial charge in [0.05, 0.1) is 11.9 Å². The lowest BCUT2D eigenvalue weighted by molar-refractivity contribution is 0.0143. The molecule has 0 radical (unpaired) electrons. The smallest absolute Gasteiger partial charge is 0.214 e. The van der Waals surface area contributed by atoms with Crippen molar-refractivity contribution < 1.29 is 13.5 Å². The molecule has 5 heteroatoms. The monoisotopic (exact) mass is 401 g/mol. The average Bonchev–Trinajstić information content (AvgIpc) is 3.19. The van der Waals surface area contributed by atoms with Crippen LogP contribution in [0, 0.1) is 16.7 Å². The highest BCUT2D eigenvalue weighted by molar-refractivity contribution is 7.89. The molecule has 5 rings (SSSR count). The Bertz CT molecular complexity index is 927. The lowest BCUT2D eigenvalue weighted by Crippen LogP contribution is -2.51. The number of sulfonamides is 1. The summed E-state index contributed by atoms with van der Waals surface area (Å²) in [6, 6.07) is 8.47. The summed E-state index contributed by atoms with van der Waals surface area (Å²) in [4.78, 5) is 0. The van der Waals surface area contributed by atoms with Gasteiger partial charge in [-0.05, 0) is 54.6 Å². The van der Waals surface area contributed by atoms with Crippen molar-refractivity contribution in [2.75, 3.05) is 18.8 Å². The van der Waals surface area contributed by atoms with Crippen LogP contribution >= 0.6 is 0 Å². The van der Waals surface area contributed by atoms with Crippen LogP contribution in [0.25, 0.3) is 6.08 Å². The van der Waals surface area contributed by atoms with Gasteiger partial charge in [0.25, 0.3) is 0 Å². The molecule has 1 spiro atoms. The normalized spacial score (nSPS) is 35.5. The van der Waals surface area contributed by atoms with Gasteiger partial charge in [-0.3, -0.25) is 0 Å². The summed E-state index contributed by atoms with van der Waals surface area (Å²) in [5, 5.41) is 10.8. The molecule has 4 nitrogen and oxygen atoms in total. The van der Waals surface area contributed by atoms with E-state index >= 15 is 0 Å². The van der Waals surface area contributed by atoms with Crippen molar-refractivity contribution in [1.82, 2.24) is 4.31 Å². The van der Waals surface area contributed by atoms with Crippen LogP contribution in [0.4, 0.5) is 0 Å². The highest BCUT2D eigenvalue weighted by Gasteiger charge is 2.65. The van der Waals surface area contributed by atoms with Gasteiger partial charge in [-0.25, -0.2) is 12.7 Å². The van der Waals surface area contributed by atoms with E-state index in [0.29, 0.717) is 19.0 Å². The highest BCUT2D eigenvalue weighted by Crippen LogP contribution is 2.66. The Labute approximate surface area is 168 Å². The fourth-order valence-corrected chi connectivity index (χ4v) is 9.11. The highest BCUT2D eigenvalue weighted by atomic mass is 32.2. The van der Waals surface area contributed by atoms with Crippen molar-refractivity contribution >= 4 is 16.1 Å². The van der Waals surface area contributed by atoms with Gasteiger partial charge in [-0.15, -0.1) is 0 Å². The van der Waals surface area contributed by atoms with E-state index in [2.05, 4.69) is 50.3 Å². The number of piperidine rings is 1. The molecule has 28 heavy (non-hydrogen) atoms. The van der Waals surface area contributed by atoms with Crippen LogP contribution in [0.2, 0.25) is 0 Å². The fourth-order valence-electron chi connectivity index (χ4n) is 6.83. The molecule has 0 amide bonds. The quantitative estimate of drug-likeness (QED) is 0.842. The molecule has 1 saturated heterocycles. The number of benzene rings is 1. The first-order chi connectivity index (χ1) is 13.2. The molecule has 2 bridgehead atoms. The molecule has 1 aromatic rings. The third-order valence-electron chi connectivity index (χ3n) is 8.92. The van der Waals surface area contributed by atoms with E-state index in [0.717, 1.165) is 32.1 Å². The maximum Gasteiger partial charge on any atom is 0.214 e. The zero-order chi connectivity index (χ0) is 19.8. The van der Waals surface area contributed by atoms with Crippen LogP contribution in [-0.2, 0) is 15.4 Å². The number of aliphatic hydroxyl groups excluding tert-OH is 1. The second kappa shape index (κ2) is 5.93. The van der Waals surface area contributed by atoms with E-state index in [4.69, 9.17) is 0 Å². The summed E-state index contributed by atoms with van der Waals surface area (Å²) < 4.78 is 28.5. The molecule has 152 valence electrons. The van der Waals surface area contributed by atoms with E-state index in [1.165, 1.54) is 11.1 Å². The maximum atomic E-state index is 13.4. The summed E-state index contributed by atoms with van der Waals surface area (Å²) in [6.07, 6.45) is 8.29. The van der Waals surface area contributed by atoms with E-state index < -0.39 is 21.5 Å². The molecule has 3 atom stereocenters. The van der Waals surface area contributed by atoms with Crippen LogP contribution < -0.4 is 0 Å². The van der Waals surface area contributed by atoms with Crippen LogP contribution in [0.3, 0.4) is 0 Å². The number of aliphatic hydroxyl groups is 1. The van der Waals surface area contributed by atoms with Gasteiger partial charge in [0, 0.05) is 23.9 Å². The summed E-state index contributed by atoms with van der Waals surface area (Å²) in [7, 11) is -3.39. The SMILES string of the molecule is CC1(C)C2CC[C@]1(CS(=O)(=O)N1CCC3(C=Cc4ccccc43)CC1)[C@@H](O)C2. The van der Waals surface area contributed by atoms with Gasteiger partial charge in [0.2, 0.25) is 10.0 Å². The Balaban J connectivity index is 1.35. The molecule has 1 heterocycles. The van der Waals surface area contributed by atoms with E-state index in [9.17, 15) is 13.5 Å². The number of allylic oxidation sites excluding steroid dienone is 1. The summed E-state index contributed by atoms with van der Waals surface area (Å²) in [6.45, 7) is 5.47. The molecule has 1 unspecified atom stereocenters. The lowest BCUT2D eigenvalue weighted by Gasteiger charge is -2.43. The minimum atomic E-state index is -3.39. The fraction of sp³-hybridized carbons (Fsp3) is 0.652. The van der Waals surface area contributed by atoms with Crippen LogP contribution in [0.5, 0.6) is 0 Å². The number of hydrogen-bond acceptors (Lipinski definition) is 3. The second-order valence-electron chi connectivity index (χ2n) is 10.1. The summed E-state index contributed by atoms with van der Waals surface area (Å²) in [5.74, 6) is 0.548. The topological polar surface area (TPSA) is 57.6 Å². The minimum absolute atomic E-state index is 0.00844. The first-order valence-electron chi connectivity index (χ1n) is 10.6. The maximum absolute atomic E-state index is 13.4. The molecule has 1 N–H and O–H groups in total. The van der Waals surface area contributed by atoms with Gasteiger partial charge in [0.1, 0.15) is 0 Å². The Morgan fingerprint density at radius 3 is 2.50 bits per heavy atom. The molecule has 3 fully saturated rings. The standard InChI is InChI=1S/C23H31NO3S/c1-21(2)18-8-10-23(21,20(25)15-18)16-28(26,27)24-13-11-22(12-14-24)9-7-17-5-3-4-6-19(17)22/h3-7,9,18,20,25H,8,10-16H2,1-2H3/t18?,20-,23-/m0/s1. The van der Waals surface area contributed by atoms with E-state index in [1.807, 2.05) is 0 Å². The Kier molecular flexibility index (Phi) is 3.99. The largest absolute Gasteiger partial charge is 0.392 e. The molecular weight excluding hydrogens is 370 g/mol. The number of hydrogen-bond donors (Lipinski definition) is 1. The van der Waals surface area contributed by atoms with Gasteiger partial charge >= 0.3 is 0 Å². The van der Waals surface area contributed by atoms with Gasteiger partial charge < -0.3 is 5.11 Å². The third-order valence-corrected chi connectivity index (χ3v) is 10.9. The van der Waals surface area contributed by atoms with Crippen LogP contribution in [0.15, 0.2) is 30.3 Å². The minimum Gasteiger partial charge on any atom is -0.392 e. The summed E-state index contributed by atoms with van der Waals surface area (Å²) >= 11 is 0. The molecule has 4 aliphatic rings. The second-order valence-corrected chi connectivity index (χ2v) is 12.1. The predicted octanol–water partition coefficient (Wildman–Crippen LogP) is 3.56. The van der Waals surface area contributed by atoms with Crippen molar-refractivity contribution in [2.24, 2.45) is 16.7 Å². The van der Waals surface area contributed by atoms with Crippen LogP contribution in [-0.4, -0.2) is 42.8 Å². The third kappa shape index (κ3) is 2.39. The lowest BCUT2D eigenvalue weighted by atomic mass is 9.70. The molecule has 0 aromatic heterocycles. The van der Waals surface area contributed by atoms with Crippen molar-refractivity contribution in [3.05, 3.63) is 41.5 Å². The number of fused-ring (bicyclic) bond motifs is 4. The molecule has 1 aromatic carbocycles. The zero-order valence-corrected chi connectivity index (χ0v) is 17.7. The Hall–Kier alpha value is -1.17. The number of rotatable bonds is 3. The van der Waals surface area contributed by atoms with Gasteiger partial charge in [0.15, 0.2) is 0 Å².